The molecule has 1 fully saturated rings. The predicted octanol–water partition coefficient (Wildman–Crippen LogP) is 0.595. The summed E-state index contributed by atoms with van der Waals surface area (Å²) in [6.07, 6.45) is 0. The second-order valence-electron chi connectivity index (χ2n) is 5.38. The Balaban J connectivity index is 1.77. The number of carbonyl (C=O) groups excluding carboxylic acids is 1. The highest BCUT2D eigenvalue weighted by molar-refractivity contribution is 7.89. The van der Waals surface area contributed by atoms with E-state index in [4.69, 9.17) is 9.15 Å². The van der Waals surface area contributed by atoms with Crippen molar-refractivity contribution in [1.82, 2.24) is 14.1 Å². The molecule has 0 unspecified atom stereocenters. The highest BCUT2D eigenvalue weighted by Crippen LogP contribution is 2.20. The van der Waals surface area contributed by atoms with Crippen molar-refractivity contribution in [3.05, 3.63) is 29.7 Å². The quantitative estimate of drug-likeness (QED) is 0.861. The molecule has 1 N–H and O–H groups in total. The zero-order valence-corrected chi connectivity index (χ0v) is 14.2. The van der Waals surface area contributed by atoms with Crippen LogP contribution in [0.2, 0.25) is 0 Å². The number of nitrogens with zero attached hydrogens (tertiary/aromatic N) is 3. The zero-order valence-electron chi connectivity index (χ0n) is 13.4. The van der Waals surface area contributed by atoms with Gasteiger partial charge in [-0.15, -0.1) is 0 Å². The molecule has 1 saturated heterocycles. The molecule has 10 heteroatoms. The molecular weight excluding hydrogens is 336 g/mol. The van der Waals surface area contributed by atoms with E-state index in [1.165, 1.54) is 21.1 Å². The van der Waals surface area contributed by atoms with Gasteiger partial charge in [-0.3, -0.25) is 9.48 Å². The fraction of sp³-hybridized carbons (Fsp3) is 0.429. The molecule has 0 aliphatic carbocycles. The average molecular weight is 354 g/mol. The van der Waals surface area contributed by atoms with Crippen LogP contribution in [0, 0.1) is 6.92 Å². The summed E-state index contributed by atoms with van der Waals surface area (Å²) < 4.78 is 38.1. The minimum absolute atomic E-state index is 0.0827. The maximum absolute atomic E-state index is 12.5. The van der Waals surface area contributed by atoms with Crippen LogP contribution in [0.15, 0.2) is 27.7 Å². The van der Waals surface area contributed by atoms with Crippen molar-refractivity contribution in [2.75, 3.05) is 31.6 Å². The van der Waals surface area contributed by atoms with Crippen LogP contribution in [0.25, 0.3) is 0 Å². The van der Waals surface area contributed by atoms with E-state index in [0.29, 0.717) is 19.0 Å². The maximum atomic E-state index is 12.5. The number of ether oxygens (including phenoxy) is 1. The number of anilines is 1. The Morgan fingerprint density at radius 2 is 2.00 bits per heavy atom. The molecular formula is C14H18N4O5S. The second kappa shape index (κ2) is 6.38. The van der Waals surface area contributed by atoms with Crippen LogP contribution < -0.4 is 5.32 Å². The first-order valence-electron chi connectivity index (χ1n) is 7.37. The molecule has 1 aliphatic rings. The first-order valence-corrected chi connectivity index (χ1v) is 8.81. The molecule has 1 amide bonds. The Bertz CT molecular complexity index is 848. The second-order valence-corrected chi connectivity index (χ2v) is 7.25. The van der Waals surface area contributed by atoms with Crippen molar-refractivity contribution in [2.24, 2.45) is 7.05 Å². The number of aromatic nitrogens is 2. The summed E-state index contributed by atoms with van der Waals surface area (Å²) in [5.41, 5.74) is 0.753. The third kappa shape index (κ3) is 3.21. The number of amides is 1. The Morgan fingerprint density at radius 1 is 1.29 bits per heavy atom. The number of rotatable bonds is 4. The van der Waals surface area contributed by atoms with E-state index in [1.54, 1.807) is 20.0 Å². The fourth-order valence-electron chi connectivity index (χ4n) is 2.40. The van der Waals surface area contributed by atoms with Gasteiger partial charge >= 0.3 is 0 Å². The lowest BCUT2D eigenvalue weighted by molar-refractivity contribution is 0.0723. The predicted molar refractivity (Wildman–Crippen MR) is 84.2 cm³/mol. The van der Waals surface area contributed by atoms with Crippen molar-refractivity contribution in [1.29, 1.82) is 0 Å². The lowest BCUT2D eigenvalue weighted by atomic mass is 10.4. The molecule has 3 heterocycles. The van der Waals surface area contributed by atoms with Crippen LogP contribution in [-0.4, -0.2) is 54.7 Å². The van der Waals surface area contributed by atoms with E-state index in [1.807, 2.05) is 0 Å². The zero-order chi connectivity index (χ0) is 17.3. The van der Waals surface area contributed by atoms with Gasteiger partial charge in [0.1, 0.15) is 5.82 Å². The van der Waals surface area contributed by atoms with Gasteiger partial charge in [-0.25, -0.2) is 8.42 Å². The number of hydrogen-bond donors (Lipinski definition) is 1. The van der Waals surface area contributed by atoms with E-state index >= 15 is 0 Å². The molecule has 0 saturated carbocycles. The normalized spacial score (nSPS) is 16.2. The molecule has 0 bridgehead atoms. The van der Waals surface area contributed by atoms with Crippen LogP contribution in [0.5, 0.6) is 0 Å². The number of carbonyl (C=O) groups is 1. The van der Waals surface area contributed by atoms with Crippen molar-refractivity contribution in [2.45, 2.75) is 12.0 Å². The minimum atomic E-state index is -3.76. The van der Waals surface area contributed by atoms with Gasteiger partial charge in [0.05, 0.1) is 18.9 Å². The topological polar surface area (TPSA) is 107 Å². The van der Waals surface area contributed by atoms with Gasteiger partial charge in [0.2, 0.25) is 5.09 Å². The highest BCUT2D eigenvalue weighted by Gasteiger charge is 2.30. The molecule has 0 aromatic carbocycles. The Kier molecular flexibility index (Phi) is 4.43. The van der Waals surface area contributed by atoms with Crippen LogP contribution in [0.3, 0.4) is 0 Å². The van der Waals surface area contributed by atoms with Crippen molar-refractivity contribution >= 4 is 21.7 Å². The molecule has 130 valence electrons. The third-order valence-corrected chi connectivity index (χ3v) is 5.39. The third-order valence-electron chi connectivity index (χ3n) is 3.61. The van der Waals surface area contributed by atoms with E-state index in [-0.39, 0.29) is 23.9 Å². The van der Waals surface area contributed by atoms with Crippen LogP contribution in [0.1, 0.15) is 16.2 Å². The van der Waals surface area contributed by atoms with Gasteiger partial charge < -0.3 is 14.5 Å². The van der Waals surface area contributed by atoms with E-state index in [0.717, 1.165) is 5.69 Å². The van der Waals surface area contributed by atoms with Crippen LogP contribution in [-0.2, 0) is 21.8 Å². The largest absolute Gasteiger partial charge is 0.438 e. The van der Waals surface area contributed by atoms with Crippen LogP contribution >= 0.6 is 0 Å². The molecule has 0 spiro atoms. The monoisotopic (exact) mass is 354 g/mol. The number of morpholine rings is 1. The van der Waals surface area contributed by atoms with Gasteiger partial charge in [-0.05, 0) is 19.1 Å². The molecule has 24 heavy (non-hydrogen) atoms. The summed E-state index contributed by atoms with van der Waals surface area (Å²) in [6, 6.07) is 4.33. The van der Waals surface area contributed by atoms with E-state index in [9.17, 15) is 13.2 Å². The van der Waals surface area contributed by atoms with Crippen molar-refractivity contribution in [3.63, 3.8) is 0 Å². The molecule has 1 aliphatic heterocycles. The lowest BCUT2D eigenvalue weighted by Gasteiger charge is -2.24. The van der Waals surface area contributed by atoms with E-state index < -0.39 is 15.9 Å². The summed E-state index contributed by atoms with van der Waals surface area (Å²) in [4.78, 5) is 12.2. The molecule has 0 atom stereocenters. The summed E-state index contributed by atoms with van der Waals surface area (Å²) in [5, 5.41) is 6.50. The smallest absolute Gasteiger partial charge is 0.292 e. The summed E-state index contributed by atoms with van der Waals surface area (Å²) >= 11 is 0. The highest BCUT2D eigenvalue weighted by atomic mass is 32.2. The number of hydrogen-bond acceptors (Lipinski definition) is 6. The van der Waals surface area contributed by atoms with Crippen LogP contribution in [0.4, 0.5) is 5.82 Å². The van der Waals surface area contributed by atoms with Gasteiger partial charge in [-0.2, -0.15) is 9.40 Å². The lowest BCUT2D eigenvalue weighted by Crippen LogP contribution is -2.40. The van der Waals surface area contributed by atoms with Gasteiger partial charge in [0, 0.05) is 26.2 Å². The number of aryl methyl sites for hydroxylation is 2. The summed E-state index contributed by atoms with van der Waals surface area (Å²) in [6.45, 7) is 3.01. The van der Waals surface area contributed by atoms with Gasteiger partial charge in [0.15, 0.2) is 5.76 Å². The molecule has 2 aromatic heterocycles. The average Bonchev–Trinajstić information content (AvgIpc) is 3.16. The minimum Gasteiger partial charge on any atom is -0.438 e. The number of nitrogens with one attached hydrogen (secondary N) is 1. The Labute approximate surface area is 139 Å². The van der Waals surface area contributed by atoms with Crippen molar-refractivity contribution < 1.29 is 22.4 Å². The summed E-state index contributed by atoms with van der Waals surface area (Å²) in [5.74, 6) is -0.131. The molecule has 2 aromatic rings. The molecule has 9 nitrogen and oxygen atoms in total. The standard InChI is InChI=1S/C14H18N4O5S/c1-10-9-12(17(2)16-10)15-14(19)11-3-4-13(23-11)24(20,21)18-5-7-22-8-6-18/h3-4,9H,5-8H2,1-2H3,(H,15,19). The molecule has 0 radical (unpaired) electrons. The number of sulfonamides is 1. The van der Waals surface area contributed by atoms with Gasteiger partial charge in [-0.1, -0.05) is 0 Å². The molecule has 3 rings (SSSR count). The Morgan fingerprint density at radius 3 is 2.62 bits per heavy atom. The number of furan rings is 1. The Hall–Kier alpha value is -2.17. The van der Waals surface area contributed by atoms with Gasteiger partial charge in [0.25, 0.3) is 15.9 Å². The summed E-state index contributed by atoms with van der Waals surface area (Å²) in [7, 11) is -2.07. The van der Waals surface area contributed by atoms with Crippen molar-refractivity contribution in [3.8, 4) is 0 Å². The fourth-order valence-corrected chi connectivity index (χ4v) is 3.72. The van der Waals surface area contributed by atoms with E-state index in [2.05, 4.69) is 10.4 Å². The first-order chi connectivity index (χ1) is 11.4. The SMILES string of the molecule is Cc1cc(NC(=O)c2ccc(S(=O)(=O)N3CCOCC3)o2)n(C)n1. The first kappa shape index (κ1) is 16.7. The maximum Gasteiger partial charge on any atom is 0.292 e.